The number of hydrogen-bond acceptors (Lipinski definition) is 5. The van der Waals surface area contributed by atoms with Crippen LogP contribution in [-0.4, -0.2) is 46.9 Å². The largest absolute Gasteiger partial charge is 0.389 e. The zero-order valence-corrected chi connectivity index (χ0v) is 13.5. The molecule has 0 aromatic heterocycles. The summed E-state index contributed by atoms with van der Waals surface area (Å²) in [5.74, 6) is -0.0946. The van der Waals surface area contributed by atoms with Crippen molar-refractivity contribution >= 4 is 27.2 Å². The Morgan fingerprint density at radius 2 is 1.90 bits per heavy atom. The third-order valence-electron chi connectivity index (χ3n) is 2.60. The summed E-state index contributed by atoms with van der Waals surface area (Å²) in [6, 6.07) is 6.81. The topological polar surface area (TPSA) is 90.6 Å². The lowest BCUT2D eigenvalue weighted by Crippen LogP contribution is -2.29. The Hall–Kier alpha value is -1.06. The highest BCUT2D eigenvalue weighted by Gasteiger charge is 2.11. The molecule has 0 fully saturated rings. The smallest absolute Gasteiger partial charge is 0.215 e. The number of benzene rings is 1. The van der Waals surface area contributed by atoms with Crippen LogP contribution < -0.4 is 10.5 Å². The van der Waals surface area contributed by atoms with E-state index in [-0.39, 0.29) is 17.3 Å². The van der Waals surface area contributed by atoms with Gasteiger partial charge in [-0.25, -0.2) is 13.1 Å². The highest BCUT2D eigenvalue weighted by molar-refractivity contribution is 7.88. The van der Waals surface area contributed by atoms with Gasteiger partial charge >= 0.3 is 0 Å². The number of thiocarbonyl (C=S) groups is 1. The van der Waals surface area contributed by atoms with Crippen LogP contribution in [0.1, 0.15) is 11.1 Å². The van der Waals surface area contributed by atoms with E-state index in [4.69, 9.17) is 27.4 Å². The van der Waals surface area contributed by atoms with Gasteiger partial charge in [-0.05, 0) is 5.56 Å². The van der Waals surface area contributed by atoms with Gasteiger partial charge in [-0.3, -0.25) is 0 Å². The Morgan fingerprint density at radius 1 is 1.24 bits per heavy atom. The fourth-order valence-electron chi connectivity index (χ4n) is 1.55. The third-order valence-corrected chi connectivity index (χ3v) is 4.19. The maximum absolute atomic E-state index is 11.9. The SMILES string of the molecule is COCCOCCNS(=O)(=O)Cc1ccc(C(N)=S)cc1. The molecule has 0 aliphatic carbocycles. The summed E-state index contributed by atoms with van der Waals surface area (Å²) in [5, 5.41) is 0. The fraction of sp³-hybridized carbons (Fsp3) is 0.462. The number of rotatable bonds is 10. The minimum atomic E-state index is -3.39. The molecular weight excluding hydrogens is 312 g/mol. The second-order valence-corrected chi connectivity index (χ2v) is 6.57. The lowest BCUT2D eigenvalue weighted by Gasteiger charge is -2.08. The summed E-state index contributed by atoms with van der Waals surface area (Å²) in [6.45, 7) is 1.47. The van der Waals surface area contributed by atoms with Crippen molar-refractivity contribution in [1.29, 1.82) is 0 Å². The van der Waals surface area contributed by atoms with Crippen LogP contribution in [0.25, 0.3) is 0 Å². The lowest BCUT2D eigenvalue weighted by molar-refractivity contribution is 0.0736. The monoisotopic (exact) mass is 332 g/mol. The van der Waals surface area contributed by atoms with E-state index in [2.05, 4.69) is 4.72 Å². The molecule has 21 heavy (non-hydrogen) atoms. The first-order chi connectivity index (χ1) is 9.94. The van der Waals surface area contributed by atoms with Crippen molar-refractivity contribution in [1.82, 2.24) is 4.72 Å². The van der Waals surface area contributed by atoms with Crippen LogP contribution in [0.3, 0.4) is 0 Å². The number of methoxy groups -OCH3 is 1. The zero-order chi connectivity index (χ0) is 15.7. The van der Waals surface area contributed by atoms with E-state index >= 15 is 0 Å². The highest BCUT2D eigenvalue weighted by atomic mass is 32.2. The highest BCUT2D eigenvalue weighted by Crippen LogP contribution is 2.07. The maximum Gasteiger partial charge on any atom is 0.215 e. The molecule has 8 heteroatoms. The van der Waals surface area contributed by atoms with Crippen LogP contribution in [0.2, 0.25) is 0 Å². The number of sulfonamides is 1. The van der Waals surface area contributed by atoms with Crippen LogP contribution in [0, 0.1) is 0 Å². The average molecular weight is 332 g/mol. The molecule has 3 N–H and O–H groups in total. The first kappa shape index (κ1) is 18.0. The molecule has 118 valence electrons. The molecule has 1 aromatic carbocycles. The van der Waals surface area contributed by atoms with E-state index in [0.29, 0.717) is 30.9 Å². The molecule has 0 saturated carbocycles. The minimum absolute atomic E-state index is 0.0946. The molecule has 0 heterocycles. The van der Waals surface area contributed by atoms with Gasteiger partial charge in [-0.2, -0.15) is 0 Å². The van der Waals surface area contributed by atoms with E-state index in [9.17, 15) is 8.42 Å². The normalized spacial score (nSPS) is 11.5. The number of ether oxygens (including phenoxy) is 2. The maximum atomic E-state index is 11.9. The second-order valence-electron chi connectivity index (χ2n) is 4.32. The van der Waals surface area contributed by atoms with Gasteiger partial charge in [0.1, 0.15) is 4.99 Å². The Labute approximate surface area is 130 Å². The van der Waals surface area contributed by atoms with E-state index in [1.165, 1.54) is 0 Å². The molecule has 0 radical (unpaired) electrons. The summed E-state index contributed by atoms with van der Waals surface area (Å²) in [7, 11) is -1.81. The minimum Gasteiger partial charge on any atom is -0.389 e. The zero-order valence-electron chi connectivity index (χ0n) is 11.9. The molecule has 1 aromatic rings. The molecule has 0 atom stereocenters. The Balaban J connectivity index is 2.39. The second kappa shape index (κ2) is 9.06. The number of hydrogen-bond donors (Lipinski definition) is 2. The van der Waals surface area contributed by atoms with Crippen molar-refractivity contribution < 1.29 is 17.9 Å². The molecule has 0 bridgehead atoms. The Bertz CT molecular complexity index is 544. The van der Waals surface area contributed by atoms with Gasteiger partial charge in [0.25, 0.3) is 0 Å². The molecule has 0 unspecified atom stereocenters. The number of nitrogens with two attached hydrogens (primary N) is 1. The van der Waals surface area contributed by atoms with E-state index in [1.807, 2.05) is 0 Å². The molecule has 0 aliphatic heterocycles. The first-order valence-electron chi connectivity index (χ1n) is 6.37. The predicted octanol–water partition coefficient (Wildman–Crippen LogP) is 0.403. The average Bonchev–Trinajstić information content (AvgIpc) is 2.43. The van der Waals surface area contributed by atoms with Crippen LogP contribution in [0.5, 0.6) is 0 Å². The van der Waals surface area contributed by atoms with Crippen molar-refractivity contribution in [2.75, 3.05) is 33.5 Å². The summed E-state index contributed by atoms with van der Waals surface area (Å²) < 4.78 is 36.2. The van der Waals surface area contributed by atoms with E-state index < -0.39 is 10.0 Å². The van der Waals surface area contributed by atoms with Gasteiger partial charge in [0, 0.05) is 19.2 Å². The number of nitrogens with one attached hydrogen (secondary N) is 1. The molecule has 6 nitrogen and oxygen atoms in total. The van der Waals surface area contributed by atoms with Crippen molar-refractivity contribution in [3.05, 3.63) is 35.4 Å². The fourth-order valence-corrected chi connectivity index (χ4v) is 2.81. The van der Waals surface area contributed by atoms with Crippen LogP contribution >= 0.6 is 12.2 Å². The van der Waals surface area contributed by atoms with Crippen LogP contribution in [0.15, 0.2) is 24.3 Å². The van der Waals surface area contributed by atoms with Gasteiger partial charge in [0.05, 0.1) is 25.6 Å². The molecule has 1 rings (SSSR count). The molecular formula is C13H20N2O4S2. The van der Waals surface area contributed by atoms with E-state index in [0.717, 1.165) is 0 Å². The van der Waals surface area contributed by atoms with Crippen molar-refractivity contribution in [2.45, 2.75) is 5.75 Å². The van der Waals surface area contributed by atoms with Gasteiger partial charge in [0.2, 0.25) is 10.0 Å². The van der Waals surface area contributed by atoms with Gasteiger partial charge in [0.15, 0.2) is 0 Å². The quantitative estimate of drug-likeness (QED) is 0.476. The summed E-state index contributed by atoms with van der Waals surface area (Å²) in [5.41, 5.74) is 6.87. The summed E-state index contributed by atoms with van der Waals surface area (Å²) >= 11 is 4.84. The Morgan fingerprint density at radius 3 is 2.48 bits per heavy atom. The molecule has 0 aliphatic rings. The molecule has 0 saturated heterocycles. The first-order valence-corrected chi connectivity index (χ1v) is 8.43. The van der Waals surface area contributed by atoms with Crippen LogP contribution in [-0.2, 0) is 25.2 Å². The Kier molecular flexibility index (Phi) is 7.76. The van der Waals surface area contributed by atoms with E-state index in [1.54, 1.807) is 31.4 Å². The third kappa shape index (κ3) is 7.49. The van der Waals surface area contributed by atoms with Crippen molar-refractivity contribution in [3.8, 4) is 0 Å². The van der Waals surface area contributed by atoms with Gasteiger partial charge in [-0.1, -0.05) is 36.5 Å². The predicted molar refractivity (Wildman–Crippen MR) is 85.7 cm³/mol. The van der Waals surface area contributed by atoms with Crippen LogP contribution in [0.4, 0.5) is 0 Å². The van der Waals surface area contributed by atoms with Gasteiger partial charge in [-0.15, -0.1) is 0 Å². The van der Waals surface area contributed by atoms with Gasteiger partial charge < -0.3 is 15.2 Å². The molecule has 0 amide bonds. The molecule has 0 spiro atoms. The lowest BCUT2D eigenvalue weighted by atomic mass is 10.1. The standard InChI is InChI=1S/C13H20N2O4S2/c1-18-8-9-19-7-6-15-21(16,17)10-11-2-4-12(5-3-11)13(14)20/h2-5,15H,6-10H2,1H3,(H2,14,20). The van der Waals surface area contributed by atoms with Crippen molar-refractivity contribution in [2.24, 2.45) is 5.73 Å². The van der Waals surface area contributed by atoms with Crippen molar-refractivity contribution in [3.63, 3.8) is 0 Å². The summed E-state index contributed by atoms with van der Waals surface area (Å²) in [6.07, 6.45) is 0. The summed E-state index contributed by atoms with van der Waals surface area (Å²) in [4.78, 5) is 0.288.